The van der Waals surface area contributed by atoms with Crippen LogP contribution in [0.15, 0.2) is 0 Å². The van der Waals surface area contributed by atoms with Crippen LogP contribution in [0.25, 0.3) is 0 Å². The Kier molecular flexibility index (Phi) is 4.42. The van der Waals surface area contributed by atoms with Crippen LogP contribution in [0.2, 0.25) is 0 Å². The average Bonchev–Trinajstić information content (AvgIpc) is 1.87. The first kappa shape index (κ1) is 9.74. The van der Waals surface area contributed by atoms with Gasteiger partial charge in [0.05, 0.1) is 5.25 Å². The molecule has 0 spiro atoms. The van der Waals surface area contributed by atoms with Gasteiger partial charge in [-0.1, -0.05) is 0 Å². The van der Waals surface area contributed by atoms with Crippen molar-refractivity contribution in [2.45, 2.75) is 18.0 Å². The molecule has 0 aromatic heterocycles. The van der Waals surface area contributed by atoms with E-state index in [0.717, 1.165) is 0 Å². The van der Waals surface area contributed by atoms with Crippen LogP contribution in [-0.4, -0.2) is 34.7 Å². The SMILES string of the molecule is CNC(=O)CC(S)C(O)O. The molecule has 0 aliphatic rings. The fourth-order valence-corrected chi connectivity index (χ4v) is 0.563. The van der Waals surface area contributed by atoms with Gasteiger partial charge in [0.1, 0.15) is 0 Å². The second-order valence-electron chi connectivity index (χ2n) is 1.86. The summed E-state index contributed by atoms with van der Waals surface area (Å²) in [5.41, 5.74) is 0. The van der Waals surface area contributed by atoms with Gasteiger partial charge in [-0.2, -0.15) is 12.6 Å². The average molecular weight is 165 g/mol. The number of carbonyl (C=O) groups is 1. The molecule has 1 unspecified atom stereocenters. The van der Waals surface area contributed by atoms with Crippen LogP contribution in [0, 0.1) is 0 Å². The summed E-state index contributed by atoms with van der Waals surface area (Å²) in [6.45, 7) is 0. The molecule has 10 heavy (non-hydrogen) atoms. The predicted molar refractivity (Wildman–Crippen MR) is 39.7 cm³/mol. The van der Waals surface area contributed by atoms with E-state index in [2.05, 4.69) is 17.9 Å². The third kappa shape index (κ3) is 3.71. The molecule has 0 bridgehead atoms. The van der Waals surface area contributed by atoms with Gasteiger partial charge in [0, 0.05) is 13.5 Å². The molecule has 1 atom stereocenters. The van der Waals surface area contributed by atoms with E-state index in [0.29, 0.717) is 0 Å². The molecule has 0 aromatic carbocycles. The summed E-state index contributed by atoms with van der Waals surface area (Å²) in [4.78, 5) is 10.5. The number of hydrogen-bond donors (Lipinski definition) is 4. The van der Waals surface area contributed by atoms with Gasteiger partial charge in [0.25, 0.3) is 0 Å². The van der Waals surface area contributed by atoms with Crippen LogP contribution in [0.5, 0.6) is 0 Å². The Bertz CT molecular complexity index is 117. The van der Waals surface area contributed by atoms with E-state index in [1.54, 1.807) is 0 Å². The summed E-state index contributed by atoms with van der Waals surface area (Å²) in [5.74, 6) is -0.256. The first-order valence-electron chi connectivity index (χ1n) is 2.82. The number of aliphatic hydroxyl groups excluding tert-OH is 1. The molecule has 0 aliphatic carbocycles. The highest BCUT2D eigenvalue weighted by Gasteiger charge is 2.14. The zero-order valence-electron chi connectivity index (χ0n) is 5.61. The van der Waals surface area contributed by atoms with E-state index in [1.165, 1.54) is 7.05 Å². The van der Waals surface area contributed by atoms with E-state index in [1.807, 2.05) is 0 Å². The highest BCUT2D eigenvalue weighted by atomic mass is 32.1. The van der Waals surface area contributed by atoms with Crippen molar-refractivity contribution in [3.8, 4) is 0 Å². The zero-order valence-corrected chi connectivity index (χ0v) is 6.51. The number of aliphatic hydroxyl groups is 2. The second kappa shape index (κ2) is 4.54. The molecule has 0 fully saturated rings. The van der Waals surface area contributed by atoms with Crippen molar-refractivity contribution in [1.82, 2.24) is 5.32 Å². The lowest BCUT2D eigenvalue weighted by atomic mass is 10.3. The minimum absolute atomic E-state index is 0.0112. The van der Waals surface area contributed by atoms with Crippen LogP contribution >= 0.6 is 12.6 Å². The Morgan fingerprint density at radius 1 is 1.70 bits per heavy atom. The quantitative estimate of drug-likeness (QED) is 0.311. The topological polar surface area (TPSA) is 69.6 Å². The van der Waals surface area contributed by atoms with Crippen molar-refractivity contribution in [1.29, 1.82) is 0 Å². The molecule has 0 rings (SSSR count). The maximum absolute atomic E-state index is 10.5. The summed E-state index contributed by atoms with van der Waals surface area (Å²) in [6, 6.07) is 0. The van der Waals surface area contributed by atoms with E-state index >= 15 is 0 Å². The highest BCUT2D eigenvalue weighted by molar-refractivity contribution is 7.81. The fourth-order valence-electron chi connectivity index (χ4n) is 0.397. The van der Waals surface area contributed by atoms with Gasteiger partial charge in [-0.25, -0.2) is 0 Å². The number of nitrogens with one attached hydrogen (secondary N) is 1. The van der Waals surface area contributed by atoms with Gasteiger partial charge < -0.3 is 15.5 Å². The molecule has 0 aliphatic heterocycles. The minimum atomic E-state index is -1.54. The lowest BCUT2D eigenvalue weighted by Gasteiger charge is -2.10. The molecule has 5 heteroatoms. The number of amides is 1. The number of hydrogen-bond acceptors (Lipinski definition) is 4. The first-order chi connectivity index (χ1) is 4.57. The van der Waals surface area contributed by atoms with Crippen molar-refractivity contribution < 1.29 is 15.0 Å². The smallest absolute Gasteiger partial charge is 0.221 e. The predicted octanol–water partition coefficient (Wildman–Crippen LogP) is -1.27. The summed E-state index contributed by atoms with van der Waals surface area (Å²) < 4.78 is 0. The molecule has 60 valence electrons. The summed E-state index contributed by atoms with van der Waals surface area (Å²) >= 11 is 3.76. The number of thiol groups is 1. The number of carbonyl (C=O) groups excluding carboxylic acids is 1. The molecular weight excluding hydrogens is 154 g/mol. The number of rotatable bonds is 3. The van der Waals surface area contributed by atoms with E-state index in [4.69, 9.17) is 10.2 Å². The molecule has 3 N–H and O–H groups in total. The van der Waals surface area contributed by atoms with E-state index in [-0.39, 0.29) is 12.3 Å². The van der Waals surface area contributed by atoms with Crippen LogP contribution in [0.3, 0.4) is 0 Å². The second-order valence-corrected chi connectivity index (χ2v) is 2.52. The van der Waals surface area contributed by atoms with Gasteiger partial charge in [0.15, 0.2) is 6.29 Å². The minimum Gasteiger partial charge on any atom is -0.367 e. The normalized spacial score (nSPS) is 13.3. The molecular formula is C5H11NO3S. The van der Waals surface area contributed by atoms with Crippen LogP contribution in [0.4, 0.5) is 0 Å². The fraction of sp³-hybridized carbons (Fsp3) is 0.800. The van der Waals surface area contributed by atoms with Crippen molar-refractivity contribution in [2.75, 3.05) is 7.05 Å². The van der Waals surface area contributed by atoms with Crippen molar-refractivity contribution >= 4 is 18.5 Å². The molecule has 0 saturated heterocycles. The summed E-state index contributed by atoms with van der Waals surface area (Å²) in [5, 5.41) is 18.6. The van der Waals surface area contributed by atoms with Gasteiger partial charge in [-0.15, -0.1) is 0 Å². The maximum atomic E-state index is 10.5. The lowest BCUT2D eigenvalue weighted by molar-refractivity contribution is -0.122. The summed E-state index contributed by atoms with van der Waals surface area (Å²) in [6.07, 6.45) is -1.53. The molecule has 1 amide bonds. The molecule has 0 heterocycles. The van der Waals surface area contributed by atoms with Gasteiger partial charge in [-0.05, 0) is 0 Å². The van der Waals surface area contributed by atoms with Crippen LogP contribution < -0.4 is 5.32 Å². The van der Waals surface area contributed by atoms with Gasteiger partial charge in [-0.3, -0.25) is 4.79 Å². The van der Waals surface area contributed by atoms with Crippen molar-refractivity contribution in [3.63, 3.8) is 0 Å². The third-order valence-electron chi connectivity index (χ3n) is 1.02. The molecule has 0 saturated carbocycles. The lowest BCUT2D eigenvalue weighted by Crippen LogP contribution is -2.28. The Hall–Kier alpha value is -0.260. The Morgan fingerprint density at radius 2 is 2.20 bits per heavy atom. The van der Waals surface area contributed by atoms with Crippen LogP contribution in [-0.2, 0) is 4.79 Å². The van der Waals surface area contributed by atoms with Crippen LogP contribution in [0.1, 0.15) is 6.42 Å². The van der Waals surface area contributed by atoms with Crippen molar-refractivity contribution in [2.24, 2.45) is 0 Å². The molecule has 0 aromatic rings. The van der Waals surface area contributed by atoms with Crippen molar-refractivity contribution in [3.05, 3.63) is 0 Å². The first-order valence-corrected chi connectivity index (χ1v) is 3.34. The van der Waals surface area contributed by atoms with Gasteiger partial charge >= 0.3 is 0 Å². The molecule has 0 radical (unpaired) electrons. The summed E-state index contributed by atoms with van der Waals surface area (Å²) in [7, 11) is 1.48. The standard InChI is InChI=1S/C5H11NO3S/c1-6-4(7)2-3(10)5(8)9/h3,5,8-10H,2H2,1H3,(H,6,7). The Morgan fingerprint density at radius 3 is 2.50 bits per heavy atom. The zero-order chi connectivity index (χ0) is 8.15. The highest BCUT2D eigenvalue weighted by Crippen LogP contribution is 2.03. The van der Waals surface area contributed by atoms with E-state index < -0.39 is 11.5 Å². The Balaban J connectivity index is 3.57. The monoisotopic (exact) mass is 165 g/mol. The Labute approximate surface area is 64.7 Å². The third-order valence-corrected chi connectivity index (χ3v) is 1.47. The van der Waals surface area contributed by atoms with Gasteiger partial charge in [0.2, 0.25) is 5.91 Å². The largest absolute Gasteiger partial charge is 0.367 e. The molecule has 4 nitrogen and oxygen atoms in total. The maximum Gasteiger partial charge on any atom is 0.221 e. The van der Waals surface area contributed by atoms with E-state index in [9.17, 15) is 4.79 Å².